The van der Waals surface area contributed by atoms with E-state index in [-0.39, 0.29) is 6.04 Å². The Morgan fingerprint density at radius 2 is 1.69 bits per heavy atom. The molecule has 35 heavy (non-hydrogen) atoms. The molecule has 2 unspecified atom stereocenters. The van der Waals surface area contributed by atoms with Crippen LogP contribution in [0.5, 0.6) is 0 Å². The predicted octanol–water partition coefficient (Wildman–Crippen LogP) is 8.73. The van der Waals surface area contributed by atoms with E-state index in [0.29, 0.717) is 5.92 Å². The molecule has 1 aliphatic heterocycles. The largest absolute Gasteiger partial charge is 0.343 e. The Labute approximate surface area is 209 Å². The third kappa shape index (κ3) is 4.83. The van der Waals surface area contributed by atoms with Crippen LogP contribution in [0, 0.1) is 6.92 Å². The van der Waals surface area contributed by atoms with Gasteiger partial charge in [0.1, 0.15) is 0 Å². The maximum absolute atomic E-state index is 4.79. The fourth-order valence-electron chi connectivity index (χ4n) is 5.01. The lowest BCUT2D eigenvalue weighted by molar-refractivity contribution is 0.426. The van der Waals surface area contributed by atoms with Crippen molar-refractivity contribution in [3.8, 4) is 11.3 Å². The number of hydrogen-bond acceptors (Lipinski definition) is 2. The normalized spacial score (nSPS) is 16.6. The Kier molecular flexibility index (Phi) is 6.63. The van der Waals surface area contributed by atoms with Gasteiger partial charge in [-0.05, 0) is 59.9 Å². The van der Waals surface area contributed by atoms with Crippen LogP contribution < -0.4 is 0 Å². The topological polar surface area (TPSA) is 16.1 Å². The minimum absolute atomic E-state index is 0.221. The molecule has 174 valence electrons. The molecule has 2 heteroatoms. The molecule has 2 heterocycles. The van der Waals surface area contributed by atoms with Crippen LogP contribution in [0.2, 0.25) is 0 Å². The van der Waals surface area contributed by atoms with Crippen LogP contribution in [-0.2, 0) is 0 Å². The molecule has 2 nitrogen and oxygen atoms in total. The van der Waals surface area contributed by atoms with Gasteiger partial charge in [0.05, 0.1) is 11.7 Å². The summed E-state index contributed by atoms with van der Waals surface area (Å²) in [5, 5.41) is 2.43. The van der Waals surface area contributed by atoms with Crippen LogP contribution in [0.3, 0.4) is 0 Å². The fraction of sp³-hybridized carbons (Fsp3) is 0.182. The summed E-state index contributed by atoms with van der Waals surface area (Å²) in [6.07, 6.45) is 14.2. The van der Waals surface area contributed by atoms with Crippen molar-refractivity contribution in [2.75, 3.05) is 0 Å². The van der Waals surface area contributed by atoms with Gasteiger partial charge in [-0.15, -0.1) is 0 Å². The summed E-state index contributed by atoms with van der Waals surface area (Å²) >= 11 is 0. The second kappa shape index (κ2) is 10.1. The van der Waals surface area contributed by atoms with Crippen molar-refractivity contribution in [2.45, 2.75) is 39.2 Å². The van der Waals surface area contributed by atoms with Crippen LogP contribution in [0.15, 0.2) is 121 Å². The standard InChI is InChI=1S/C33H32N2/c1-24-18-19-32(29-15-6-4-11-26(29)3)35(23-24)22-10-12-25(2)28-14-8-9-17-31(28)33-30-16-7-5-13-27(30)20-21-34-33/h4-11,13-23,25,32H,12H2,1-3H3/b22-10+. The molecular formula is C33H32N2. The molecule has 1 aliphatic rings. The molecule has 0 N–H and O–H groups in total. The minimum Gasteiger partial charge on any atom is -0.343 e. The highest BCUT2D eigenvalue weighted by Gasteiger charge is 2.18. The fourth-order valence-corrected chi connectivity index (χ4v) is 5.01. The van der Waals surface area contributed by atoms with E-state index in [2.05, 4.69) is 135 Å². The van der Waals surface area contributed by atoms with E-state index >= 15 is 0 Å². The number of aromatic nitrogens is 1. The minimum atomic E-state index is 0.221. The number of aryl methyl sites for hydroxylation is 1. The number of fused-ring (bicyclic) bond motifs is 1. The number of rotatable bonds is 6. The highest BCUT2D eigenvalue weighted by Crippen LogP contribution is 2.35. The second-order valence-corrected chi connectivity index (χ2v) is 9.47. The van der Waals surface area contributed by atoms with E-state index in [1.54, 1.807) is 0 Å². The van der Waals surface area contributed by atoms with Gasteiger partial charge in [-0.3, -0.25) is 4.98 Å². The average molecular weight is 457 g/mol. The molecule has 0 spiro atoms. The zero-order chi connectivity index (χ0) is 24.2. The number of pyridine rings is 1. The SMILES string of the molecule is CC1=CN(/C=C/CC(C)c2ccccc2-c2nccc3ccccc23)C(c2ccccc2C)C=C1. The molecule has 5 rings (SSSR count). The maximum Gasteiger partial charge on any atom is 0.0783 e. The van der Waals surface area contributed by atoms with Crippen molar-refractivity contribution < 1.29 is 0 Å². The van der Waals surface area contributed by atoms with Crippen molar-refractivity contribution in [3.63, 3.8) is 0 Å². The van der Waals surface area contributed by atoms with Crippen LogP contribution in [0.1, 0.15) is 48.9 Å². The quantitative estimate of drug-likeness (QED) is 0.288. The monoisotopic (exact) mass is 456 g/mol. The first-order valence-electron chi connectivity index (χ1n) is 12.4. The zero-order valence-electron chi connectivity index (χ0n) is 20.7. The molecule has 0 aliphatic carbocycles. The van der Waals surface area contributed by atoms with Crippen molar-refractivity contribution in [1.82, 2.24) is 9.88 Å². The highest BCUT2D eigenvalue weighted by molar-refractivity contribution is 5.95. The lowest BCUT2D eigenvalue weighted by Gasteiger charge is -2.30. The third-order valence-electron chi connectivity index (χ3n) is 6.91. The summed E-state index contributed by atoms with van der Waals surface area (Å²) in [4.78, 5) is 7.13. The van der Waals surface area contributed by atoms with Gasteiger partial charge in [0.15, 0.2) is 0 Å². The lowest BCUT2D eigenvalue weighted by Crippen LogP contribution is -2.20. The van der Waals surface area contributed by atoms with E-state index in [1.807, 2.05) is 6.20 Å². The highest BCUT2D eigenvalue weighted by atomic mass is 15.1. The van der Waals surface area contributed by atoms with Crippen LogP contribution in [0.25, 0.3) is 22.0 Å². The average Bonchev–Trinajstić information content (AvgIpc) is 2.89. The van der Waals surface area contributed by atoms with Crippen molar-refractivity contribution in [2.24, 2.45) is 0 Å². The van der Waals surface area contributed by atoms with E-state index in [0.717, 1.165) is 12.1 Å². The van der Waals surface area contributed by atoms with E-state index in [4.69, 9.17) is 4.98 Å². The maximum atomic E-state index is 4.79. The van der Waals surface area contributed by atoms with Crippen molar-refractivity contribution >= 4 is 10.8 Å². The van der Waals surface area contributed by atoms with Gasteiger partial charge in [-0.2, -0.15) is 0 Å². The number of hydrogen-bond donors (Lipinski definition) is 0. The zero-order valence-corrected chi connectivity index (χ0v) is 20.7. The second-order valence-electron chi connectivity index (χ2n) is 9.47. The molecule has 0 saturated carbocycles. The lowest BCUT2D eigenvalue weighted by atomic mass is 9.90. The van der Waals surface area contributed by atoms with Gasteiger partial charge >= 0.3 is 0 Å². The smallest absolute Gasteiger partial charge is 0.0783 e. The molecule has 1 aromatic heterocycles. The Balaban J connectivity index is 1.40. The van der Waals surface area contributed by atoms with Gasteiger partial charge in [0, 0.05) is 29.5 Å². The van der Waals surface area contributed by atoms with Gasteiger partial charge in [0.2, 0.25) is 0 Å². The van der Waals surface area contributed by atoms with Crippen LogP contribution in [-0.4, -0.2) is 9.88 Å². The summed E-state index contributed by atoms with van der Waals surface area (Å²) in [6, 6.07) is 28.2. The molecule has 4 aromatic rings. The van der Waals surface area contributed by atoms with Crippen LogP contribution in [0.4, 0.5) is 0 Å². The Morgan fingerprint density at radius 1 is 0.914 bits per heavy atom. The van der Waals surface area contributed by atoms with Gasteiger partial charge in [-0.1, -0.05) is 97.9 Å². The van der Waals surface area contributed by atoms with E-state index in [9.17, 15) is 0 Å². The van der Waals surface area contributed by atoms with Crippen molar-refractivity contribution in [1.29, 1.82) is 0 Å². The Hall–Kier alpha value is -3.91. The van der Waals surface area contributed by atoms with Crippen molar-refractivity contribution in [3.05, 3.63) is 138 Å². The number of benzene rings is 3. The molecule has 3 aromatic carbocycles. The molecule has 0 radical (unpaired) electrons. The third-order valence-corrected chi connectivity index (χ3v) is 6.91. The van der Waals surface area contributed by atoms with Crippen LogP contribution >= 0.6 is 0 Å². The first-order chi connectivity index (χ1) is 17.1. The summed E-state index contributed by atoms with van der Waals surface area (Å²) in [7, 11) is 0. The summed E-state index contributed by atoms with van der Waals surface area (Å²) < 4.78 is 0. The Bertz CT molecular complexity index is 1420. The molecular weight excluding hydrogens is 424 g/mol. The summed E-state index contributed by atoms with van der Waals surface area (Å²) in [6.45, 7) is 6.66. The van der Waals surface area contributed by atoms with Gasteiger partial charge in [-0.25, -0.2) is 0 Å². The molecule has 0 bridgehead atoms. The van der Waals surface area contributed by atoms with E-state index in [1.165, 1.54) is 38.6 Å². The first-order valence-corrected chi connectivity index (χ1v) is 12.4. The van der Waals surface area contributed by atoms with Gasteiger partial charge in [0.25, 0.3) is 0 Å². The first kappa shape index (κ1) is 22.9. The molecule has 0 fully saturated rings. The summed E-state index contributed by atoms with van der Waals surface area (Å²) in [5.41, 5.74) is 7.55. The Morgan fingerprint density at radius 3 is 2.57 bits per heavy atom. The molecule has 0 saturated heterocycles. The number of nitrogens with zero attached hydrogens (tertiary/aromatic N) is 2. The van der Waals surface area contributed by atoms with E-state index < -0.39 is 0 Å². The molecule has 2 atom stereocenters. The predicted molar refractivity (Wildman–Crippen MR) is 148 cm³/mol. The summed E-state index contributed by atoms with van der Waals surface area (Å²) in [5.74, 6) is 0.366. The van der Waals surface area contributed by atoms with Gasteiger partial charge < -0.3 is 4.90 Å². The number of allylic oxidation sites excluding steroid dienone is 3. The molecule has 0 amide bonds.